The number of benzene rings is 1. The van der Waals surface area contributed by atoms with Gasteiger partial charge in [0.05, 0.1) is 0 Å². The van der Waals surface area contributed by atoms with Crippen LogP contribution in [0.2, 0.25) is 0 Å². The van der Waals surface area contributed by atoms with Crippen molar-refractivity contribution in [1.82, 2.24) is 0 Å². The van der Waals surface area contributed by atoms with Crippen molar-refractivity contribution in [2.45, 2.75) is 51.8 Å². The molecule has 114 valence electrons. The Morgan fingerprint density at radius 3 is 2.25 bits per heavy atom. The topological polar surface area (TPSA) is 35.2 Å². The molecule has 1 rings (SSSR count). The zero-order chi connectivity index (χ0) is 15.4. The number of rotatable bonds is 5. The molecule has 0 saturated carbocycles. The van der Waals surface area contributed by atoms with Crippen molar-refractivity contribution < 1.29 is 17.9 Å². The maximum Gasteiger partial charge on any atom is 0.573 e. The summed E-state index contributed by atoms with van der Waals surface area (Å²) in [5, 5.41) is 0. The van der Waals surface area contributed by atoms with Crippen molar-refractivity contribution in [1.29, 1.82) is 0 Å². The lowest BCUT2D eigenvalue weighted by atomic mass is 9.85. The van der Waals surface area contributed by atoms with Crippen LogP contribution >= 0.6 is 0 Å². The van der Waals surface area contributed by atoms with E-state index in [4.69, 9.17) is 5.73 Å². The van der Waals surface area contributed by atoms with Crippen molar-refractivity contribution in [3.05, 3.63) is 29.3 Å². The maximum atomic E-state index is 12.4. The van der Waals surface area contributed by atoms with E-state index in [1.807, 2.05) is 20.8 Å². The Hall–Kier alpha value is -1.23. The van der Waals surface area contributed by atoms with E-state index < -0.39 is 6.36 Å². The molecule has 0 aliphatic carbocycles. The highest BCUT2D eigenvalue weighted by molar-refractivity contribution is 5.40. The smallest absolute Gasteiger partial charge is 0.406 e. The van der Waals surface area contributed by atoms with Crippen LogP contribution in [0.3, 0.4) is 0 Å². The van der Waals surface area contributed by atoms with Gasteiger partial charge in [-0.25, -0.2) is 0 Å². The zero-order valence-electron chi connectivity index (χ0n) is 12.2. The van der Waals surface area contributed by atoms with Crippen LogP contribution < -0.4 is 10.5 Å². The Morgan fingerprint density at radius 2 is 1.75 bits per heavy atom. The summed E-state index contributed by atoms with van der Waals surface area (Å²) < 4.78 is 41.3. The molecule has 0 amide bonds. The first-order chi connectivity index (χ1) is 9.13. The van der Waals surface area contributed by atoms with Crippen molar-refractivity contribution in [3.8, 4) is 5.75 Å². The number of hydrogen-bond donors (Lipinski definition) is 1. The van der Waals surface area contributed by atoms with Gasteiger partial charge in [-0.1, -0.05) is 32.9 Å². The van der Waals surface area contributed by atoms with Gasteiger partial charge in [-0.05, 0) is 48.4 Å². The molecule has 0 aliphatic heterocycles. The average molecular weight is 289 g/mol. The molecule has 0 fully saturated rings. The SMILES string of the molecule is CC(C)(C)c1ccc(OC(F)(F)F)c(CCCCN)c1. The molecular weight excluding hydrogens is 267 g/mol. The molecule has 1 aromatic carbocycles. The van der Waals surface area contributed by atoms with Gasteiger partial charge < -0.3 is 10.5 Å². The number of nitrogens with two attached hydrogens (primary N) is 1. The molecule has 0 aliphatic rings. The fourth-order valence-electron chi connectivity index (χ4n) is 1.93. The van der Waals surface area contributed by atoms with Gasteiger partial charge >= 0.3 is 6.36 Å². The average Bonchev–Trinajstić information content (AvgIpc) is 2.28. The van der Waals surface area contributed by atoms with Gasteiger partial charge in [0, 0.05) is 0 Å². The molecule has 0 saturated heterocycles. The van der Waals surface area contributed by atoms with Gasteiger partial charge in [0.25, 0.3) is 0 Å². The van der Waals surface area contributed by atoms with Crippen LogP contribution in [0.1, 0.15) is 44.7 Å². The number of aryl methyl sites for hydroxylation is 1. The molecule has 0 unspecified atom stereocenters. The summed E-state index contributed by atoms with van der Waals surface area (Å²) in [5.74, 6) is -0.109. The van der Waals surface area contributed by atoms with E-state index in [0.29, 0.717) is 18.5 Å². The Balaban J connectivity index is 3.03. The van der Waals surface area contributed by atoms with Gasteiger partial charge in [-0.15, -0.1) is 13.2 Å². The summed E-state index contributed by atoms with van der Waals surface area (Å²) in [6.07, 6.45) is -2.60. The Kier molecular flexibility index (Phi) is 5.45. The first-order valence-electron chi connectivity index (χ1n) is 6.73. The summed E-state index contributed by atoms with van der Waals surface area (Å²) in [5.41, 5.74) is 6.89. The lowest BCUT2D eigenvalue weighted by Gasteiger charge is -2.22. The Bertz CT molecular complexity index is 436. The van der Waals surface area contributed by atoms with Crippen molar-refractivity contribution in [2.24, 2.45) is 5.73 Å². The molecular formula is C15H22F3NO. The van der Waals surface area contributed by atoms with Gasteiger partial charge in [0.1, 0.15) is 5.75 Å². The monoisotopic (exact) mass is 289 g/mol. The Labute approximate surface area is 118 Å². The summed E-state index contributed by atoms with van der Waals surface area (Å²) >= 11 is 0. The molecule has 0 atom stereocenters. The van der Waals surface area contributed by atoms with E-state index in [9.17, 15) is 13.2 Å². The van der Waals surface area contributed by atoms with Crippen LogP contribution in [0, 0.1) is 0 Å². The van der Waals surface area contributed by atoms with Gasteiger partial charge in [0.15, 0.2) is 0 Å². The molecule has 0 heterocycles. The van der Waals surface area contributed by atoms with Crippen molar-refractivity contribution in [2.75, 3.05) is 6.54 Å². The highest BCUT2D eigenvalue weighted by atomic mass is 19.4. The Morgan fingerprint density at radius 1 is 1.10 bits per heavy atom. The van der Waals surface area contributed by atoms with Crippen LogP contribution in [0.5, 0.6) is 5.75 Å². The highest BCUT2D eigenvalue weighted by Gasteiger charge is 2.32. The van der Waals surface area contributed by atoms with E-state index >= 15 is 0 Å². The highest BCUT2D eigenvalue weighted by Crippen LogP contribution is 2.32. The third-order valence-electron chi connectivity index (χ3n) is 3.05. The number of alkyl halides is 3. The van der Waals surface area contributed by atoms with Crippen LogP contribution in [0.4, 0.5) is 13.2 Å². The van der Waals surface area contributed by atoms with E-state index in [-0.39, 0.29) is 11.2 Å². The number of halogens is 3. The van der Waals surface area contributed by atoms with Crippen molar-refractivity contribution >= 4 is 0 Å². The number of hydrogen-bond acceptors (Lipinski definition) is 2. The van der Waals surface area contributed by atoms with Gasteiger partial charge in [-0.2, -0.15) is 0 Å². The minimum atomic E-state index is -4.66. The molecule has 0 aromatic heterocycles. The van der Waals surface area contributed by atoms with E-state index in [2.05, 4.69) is 4.74 Å². The van der Waals surface area contributed by atoms with Crippen LogP contribution in [0.25, 0.3) is 0 Å². The largest absolute Gasteiger partial charge is 0.573 e. The third kappa shape index (κ3) is 5.41. The minimum Gasteiger partial charge on any atom is -0.406 e. The predicted molar refractivity (Wildman–Crippen MR) is 73.8 cm³/mol. The third-order valence-corrected chi connectivity index (χ3v) is 3.05. The number of ether oxygens (including phenoxy) is 1. The minimum absolute atomic E-state index is 0.109. The molecule has 2 N–H and O–H groups in total. The second kappa shape index (κ2) is 6.48. The van der Waals surface area contributed by atoms with Crippen LogP contribution in [-0.2, 0) is 11.8 Å². The van der Waals surface area contributed by atoms with Gasteiger partial charge in [0.2, 0.25) is 0 Å². The van der Waals surface area contributed by atoms with Crippen LogP contribution in [-0.4, -0.2) is 12.9 Å². The normalized spacial score (nSPS) is 12.6. The fourth-order valence-corrected chi connectivity index (χ4v) is 1.93. The second-order valence-corrected chi connectivity index (χ2v) is 5.87. The molecule has 0 bridgehead atoms. The molecule has 2 nitrogen and oxygen atoms in total. The fraction of sp³-hybridized carbons (Fsp3) is 0.600. The first kappa shape index (κ1) is 16.8. The maximum absolute atomic E-state index is 12.4. The summed E-state index contributed by atoms with van der Waals surface area (Å²) in [7, 11) is 0. The zero-order valence-corrected chi connectivity index (χ0v) is 12.2. The summed E-state index contributed by atoms with van der Waals surface area (Å²) in [6.45, 7) is 6.61. The van der Waals surface area contributed by atoms with E-state index in [0.717, 1.165) is 18.4 Å². The molecule has 1 aromatic rings. The van der Waals surface area contributed by atoms with Crippen LogP contribution in [0.15, 0.2) is 18.2 Å². The molecule has 20 heavy (non-hydrogen) atoms. The second-order valence-electron chi connectivity index (χ2n) is 5.87. The standard InChI is InChI=1S/C15H22F3NO/c1-14(2,3)12-7-8-13(20-15(16,17)18)11(10-12)6-4-5-9-19/h7-8,10H,4-6,9,19H2,1-3H3. The quantitative estimate of drug-likeness (QED) is 0.826. The van der Waals surface area contributed by atoms with Crippen molar-refractivity contribution in [3.63, 3.8) is 0 Å². The lowest BCUT2D eigenvalue weighted by molar-refractivity contribution is -0.274. The molecule has 0 radical (unpaired) electrons. The number of unbranched alkanes of at least 4 members (excludes halogenated alkanes) is 1. The van der Waals surface area contributed by atoms with E-state index in [1.165, 1.54) is 6.07 Å². The van der Waals surface area contributed by atoms with E-state index in [1.54, 1.807) is 12.1 Å². The molecule has 0 spiro atoms. The summed E-state index contributed by atoms with van der Waals surface area (Å²) in [4.78, 5) is 0. The predicted octanol–water partition coefficient (Wildman–Crippen LogP) is 4.16. The first-order valence-corrected chi connectivity index (χ1v) is 6.73. The molecule has 5 heteroatoms. The lowest BCUT2D eigenvalue weighted by Crippen LogP contribution is -2.19. The summed E-state index contributed by atoms with van der Waals surface area (Å²) in [6, 6.07) is 4.90. The van der Waals surface area contributed by atoms with Gasteiger partial charge in [-0.3, -0.25) is 0 Å².